The molecule has 0 aliphatic carbocycles. The Hall–Kier alpha value is -0.960. The number of morpholine rings is 1. The SMILES string of the molecule is Cc1cc(S(=O)(=O)N2CCOC(C(=O)O)C2)c(C)s1. The molecular weight excluding hydrogens is 290 g/mol. The van der Waals surface area contributed by atoms with Crippen LogP contribution >= 0.6 is 11.3 Å². The summed E-state index contributed by atoms with van der Waals surface area (Å²) in [6.45, 7) is 3.72. The second-order valence-corrected chi connectivity index (χ2v) is 7.71. The molecule has 1 aromatic rings. The molecule has 2 heterocycles. The summed E-state index contributed by atoms with van der Waals surface area (Å²) in [4.78, 5) is 12.8. The highest BCUT2D eigenvalue weighted by atomic mass is 32.2. The molecule has 19 heavy (non-hydrogen) atoms. The number of hydrogen-bond acceptors (Lipinski definition) is 5. The van der Waals surface area contributed by atoms with E-state index in [0.717, 1.165) is 9.75 Å². The largest absolute Gasteiger partial charge is 0.479 e. The third-order valence-electron chi connectivity index (χ3n) is 2.92. The van der Waals surface area contributed by atoms with Gasteiger partial charge in [-0.3, -0.25) is 0 Å². The van der Waals surface area contributed by atoms with E-state index >= 15 is 0 Å². The molecule has 0 spiro atoms. The van der Waals surface area contributed by atoms with E-state index in [2.05, 4.69) is 0 Å². The van der Waals surface area contributed by atoms with Gasteiger partial charge in [-0.2, -0.15) is 4.31 Å². The van der Waals surface area contributed by atoms with Crippen molar-refractivity contribution in [1.82, 2.24) is 4.31 Å². The van der Waals surface area contributed by atoms with Gasteiger partial charge < -0.3 is 9.84 Å². The van der Waals surface area contributed by atoms with Gasteiger partial charge in [0.05, 0.1) is 18.0 Å². The van der Waals surface area contributed by atoms with Crippen LogP contribution in [0.25, 0.3) is 0 Å². The lowest BCUT2D eigenvalue weighted by Gasteiger charge is -2.29. The van der Waals surface area contributed by atoms with Crippen LogP contribution in [-0.4, -0.2) is 49.6 Å². The van der Waals surface area contributed by atoms with Gasteiger partial charge in [0.2, 0.25) is 10.0 Å². The predicted octanol–water partition coefficient (Wildman–Crippen LogP) is 0.839. The number of carboxylic acid groups (broad SMARTS) is 1. The number of aryl methyl sites for hydroxylation is 2. The Balaban J connectivity index is 2.29. The van der Waals surface area contributed by atoms with E-state index in [1.54, 1.807) is 13.0 Å². The number of rotatable bonds is 3. The van der Waals surface area contributed by atoms with Gasteiger partial charge in [0.25, 0.3) is 0 Å². The molecule has 8 heteroatoms. The molecule has 0 bridgehead atoms. The van der Waals surface area contributed by atoms with Crippen LogP contribution in [0.1, 0.15) is 9.75 Å². The standard InChI is InChI=1S/C11H15NO5S2/c1-7-5-10(8(2)18-7)19(15,16)12-3-4-17-9(6-12)11(13)14/h5,9H,3-4,6H2,1-2H3,(H,13,14). The minimum absolute atomic E-state index is 0.0956. The summed E-state index contributed by atoms with van der Waals surface area (Å²) >= 11 is 1.41. The summed E-state index contributed by atoms with van der Waals surface area (Å²) in [7, 11) is -3.64. The predicted molar refractivity (Wildman–Crippen MR) is 69.9 cm³/mol. The summed E-state index contributed by atoms with van der Waals surface area (Å²) in [5.74, 6) is -1.14. The zero-order valence-electron chi connectivity index (χ0n) is 10.6. The summed E-state index contributed by atoms with van der Waals surface area (Å²) < 4.78 is 31.2. The van der Waals surface area contributed by atoms with Crippen LogP contribution < -0.4 is 0 Å². The normalized spacial score (nSPS) is 21.5. The molecule has 1 aromatic heterocycles. The summed E-state index contributed by atoms with van der Waals surface area (Å²) in [5, 5.41) is 8.91. The van der Waals surface area contributed by atoms with E-state index in [1.165, 1.54) is 15.6 Å². The molecule has 1 aliphatic heterocycles. The van der Waals surface area contributed by atoms with E-state index in [9.17, 15) is 13.2 Å². The first-order valence-electron chi connectivity index (χ1n) is 5.74. The first-order valence-corrected chi connectivity index (χ1v) is 7.99. The Kier molecular flexibility index (Phi) is 3.95. The van der Waals surface area contributed by atoms with Crippen molar-refractivity contribution in [3.63, 3.8) is 0 Å². The van der Waals surface area contributed by atoms with Gasteiger partial charge in [0.1, 0.15) is 0 Å². The lowest BCUT2D eigenvalue weighted by atomic mass is 10.3. The number of carboxylic acids is 1. The zero-order valence-corrected chi connectivity index (χ0v) is 12.3. The van der Waals surface area contributed by atoms with Gasteiger partial charge in [-0.05, 0) is 19.9 Å². The van der Waals surface area contributed by atoms with E-state index in [0.29, 0.717) is 0 Å². The van der Waals surface area contributed by atoms with Crippen molar-refractivity contribution in [2.75, 3.05) is 19.7 Å². The maximum atomic E-state index is 12.5. The van der Waals surface area contributed by atoms with Crippen molar-refractivity contribution < 1.29 is 23.1 Å². The van der Waals surface area contributed by atoms with Gasteiger partial charge in [-0.15, -0.1) is 11.3 Å². The van der Waals surface area contributed by atoms with Gasteiger partial charge in [0.15, 0.2) is 6.10 Å². The Labute approximate surface area is 115 Å². The van der Waals surface area contributed by atoms with E-state index in [-0.39, 0.29) is 24.6 Å². The van der Waals surface area contributed by atoms with Gasteiger partial charge in [0, 0.05) is 16.3 Å². The third-order valence-corrected chi connectivity index (χ3v) is 6.00. The van der Waals surface area contributed by atoms with Crippen LogP contribution in [0.15, 0.2) is 11.0 Å². The van der Waals surface area contributed by atoms with E-state index in [1.807, 2.05) is 6.92 Å². The quantitative estimate of drug-likeness (QED) is 0.894. The van der Waals surface area contributed by atoms with Gasteiger partial charge in [-0.25, -0.2) is 13.2 Å². The molecule has 1 atom stereocenters. The smallest absolute Gasteiger partial charge is 0.334 e. The molecule has 1 saturated heterocycles. The highest BCUT2D eigenvalue weighted by Gasteiger charge is 2.35. The number of thiophene rings is 1. The van der Waals surface area contributed by atoms with Crippen LogP contribution in [0, 0.1) is 13.8 Å². The molecule has 0 radical (unpaired) electrons. The molecule has 1 fully saturated rings. The van der Waals surface area contributed by atoms with Crippen LogP contribution in [0.3, 0.4) is 0 Å². The number of hydrogen-bond donors (Lipinski definition) is 1. The van der Waals surface area contributed by atoms with E-state index < -0.39 is 22.1 Å². The van der Waals surface area contributed by atoms with Crippen molar-refractivity contribution in [3.05, 3.63) is 15.8 Å². The molecule has 1 N–H and O–H groups in total. The van der Waals surface area contributed by atoms with Crippen molar-refractivity contribution in [3.8, 4) is 0 Å². The van der Waals surface area contributed by atoms with Gasteiger partial charge in [-0.1, -0.05) is 0 Å². The lowest BCUT2D eigenvalue weighted by Crippen LogP contribution is -2.48. The second kappa shape index (κ2) is 5.20. The number of nitrogens with zero attached hydrogens (tertiary/aromatic N) is 1. The third kappa shape index (κ3) is 2.81. The topological polar surface area (TPSA) is 83.9 Å². The molecule has 0 amide bonds. The van der Waals surface area contributed by atoms with Crippen molar-refractivity contribution in [2.24, 2.45) is 0 Å². The fourth-order valence-corrected chi connectivity index (χ4v) is 4.94. The molecule has 106 valence electrons. The monoisotopic (exact) mass is 305 g/mol. The molecule has 1 aliphatic rings. The average Bonchev–Trinajstić information content (AvgIpc) is 2.69. The Morgan fingerprint density at radius 1 is 1.53 bits per heavy atom. The first-order chi connectivity index (χ1) is 8.82. The number of sulfonamides is 1. The van der Waals surface area contributed by atoms with Gasteiger partial charge >= 0.3 is 5.97 Å². The van der Waals surface area contributed by atoms with E-state index in [4.69, 9.17) is 9.84 Å². The number of carbonyl (C=O) groups is 1. The molecule has 0 saturated carbocycles. The highest BCUT2D eigenvalue weighted by molar-refractivity contribution is 7.89. The second-order valence-electron chi connectivity index (χ2n) is 4.34. The first kappa shape index (κ1) is 14.4. The van der Waals surface area contributed by atoms with Crippen molar-refractivity contribution in [2.45, 2.75) is 24.8 Å². The maximum absolute atomic E-state index is 12.5. The number of ether oxygens (including phenoxy) is 1. The van der Waals surface area contributed by atoms with Crippen LogP contribution in [0.2, 0.25) is 0 Å². The minimum atomic E-state index is -3.64. The lowest BCUT2D eigenvalue weighted by molar-refractivity contribution is -0.153. The van der Waals surface area contributed by atoms with Crippen LogP contribution in [-0.2, 0) is 19.6 Å². The highest BCUT2D eigenvalue weighted by Crippen LogP contribution is 2.28. The minimum Gasteiger partial charge on any atom is -0.479 e. The van der Waals surface area contributed by atoms with Crippen LogP contribution in [0.4, 0.5) is 0 Å². The number of aliphatic carboxylic acids is 1. The van der Waals surface area contributed by atoms with Crippen LogP contribution in [0.5, 0.6) is 0 Å². The van der Waals surface area contributed by atoms with Crippen molar-refractivity contribution >= 4 is 27.3 Å². The summed E-state index contributed by atoms with van der Waals surface area (Å²) in [6, 6.07) is 1.63. The fourth-order valence-electron chi connectivity index (χ4n) is 2.00. The Bertz CT molecular complexity index is 592. The summed E-state index contributed by atoms with van der Waals surface area (Å²) in [6.07, 6.45) is -1.09. The molecule has 6 nitrogen and oxygen atoms in total. The zero-order chi connectivity index (χ0) is 14.2. The Morgan fingerprint density at radius 3 is 2.74 bits per heavy atom. The molecule has 1 unspecified atom stereocenters. The fraction of sp³-hybridized carbons (Fsp3) is 0.545. The molecule has 0 aromatic carbocycles. The molecule has 2 rings (SSSR count). The average molecular weight is 305 g/mol. The Morgan fingerprint density at radius 2 is 2.21 bits per heavy atom. The molecular formula is C11H15NO5S2. The maximum Gasteiger partial charge on any atom is 0.334 e. The summed E-state index contributed by atoms with van der Waals surface area (Å²) in [5.41, 5.74) is 0. The van der Waals surface area contributed by atoms with Crippen molar-refractivity contribution in [1.29, 1.82) is 0 Å².